The van der Waals surface area contributed by atoms with Crippen LogP contribution in [0.3, 0.4) is 0 Å². The molecule has 0 spiro atoms. The second-order valence-corrected chi connectivity index (χ2v) is 8.01. The highest BCUT2D eigenvalue weighted by atomic mass is 32.1. The fraction of sp³-hybridized carbons (Fsp3) is 0.238. The Bertz CT molecular complexity index is 1240. The molecule has 0 bridgehead atoms. The summed E-state index contributed by atoms with van der Waals surface area (Å²) in [5.74, 6) is -0.954. The van der Waals surface area contributed by atoms with E-state index in [-0.39, 0.29) is 11.6 Å². The molecule has 1 N–H and O–H groups in total. The number of amides is 1. The summed E-state index contributed by atoms with van der Waals surface area (Å²) in [4.78, 5) is 38.8. The standard InChI is InChI=1S/C21H17FN4O3S/c22-15-5-3-13(4-6-15)19(17-2-1-9-30-17)24-18(27)12-26-20(28)14(10-23)11-25(21(26)29)16-7-8-16/h1-6,9,11,16,19H,7-8,12H2,(H,24,27). The minimum atomic E-state index is -0.788. The van der Waals surface area contributed by atoms with Gasteiger partial charge in [0.25, 0.3) is 5.56 Å². The number of benzene rings is 1. The zero-order valence-corrected chi connectivity index (χ0v) is 16.6. The average Bonchev–Trinajstić information content (AvgIpc) is 3.43. The fourth-order valence-electron chi connectivity index (χ4n) is 3.23. The number of nitrogens with one attached hydrogen (secondary N) is 1. The van der Waals surface area contributed by atoms with E-state index in [0.717, 1.165) is 22.3 Å². The molecule has 1 aliphatic rings. The number of carbonyl (C=O) groups is 1. The van der Waals surface area contributed by atoms with Gasteiger partial charge in [0.05, 0.1) is 6.04 Å². The van der Waals surface area contributed by atoms with Gasteiger partial charge in [-0.25, -0.2) is 13.8 Å². The summed E-state index contributed by atoms with van der Waals surface area (Å²) in [6.45, 7) is -0.511. The van der Waals surface area contributed by atoms with Gasteiger partial charge in [0.15, 0.2) is 0 Å². The van der Waals surface area contributed by atoms with Crippen molar-refractivity contribution in [2.45, 2.75) is 31.5 Å². The predicted octanol–water partition coefficient (Wildman–Crippen LogP) is 2.32. The van der Waals surface area contributed by atoms with Gasteiger partial charge in [-0.1, -0.05) is 18.2 Å². The highest BCUT2D eigenvalue weighted by molar-refractivity contribution is 7.10. The molecule has 1 aliphatic carbocycles. The molecule has 7 nitrogen and oxygen atoms in total. The van der Waals surface area contributed by atoms with Gasteiger partial charge in [-0.3, -0.25) is 14.2 Å². The lowest BCUT2D eigenvalue weighted by molar-refractivity contribution is -0.122. The van der Waals surface area contributed by atoms with E-state index < -0.39 is 35.6 Å². The number of rotatable bonds is 6. The first-order chi connectivity index (χ1) is 14.5. The number of nitrogens with zero attached hydrogens (tertiary/aromatic N) is 3. The smallest absolute Gasteiger partial charge is 0.331 e. The van der Waals surface area contributed by atoms with Crippen LogP contribution in [-0.4, -0.2) is 15.0 Å². The number of nitriles is 1. The largest absolute Gasteiger partial charge is 0.343 e. The van der Waals surface area contributed by atoms with E-state index in [2.05, 4.69) is 5.32 Å². The van der Waals surface area contributed by atoms with E-state index in [1.807, 2.05) is 17.5 Å². The summed E-state index contributed by atoms with van der Waals surface area (Å²) in [6.07, 6.45) is 2.85. The summed E-state index contributed by atoms with van der Waals surface area (Å²) in [6, 6.07) is 10.6. The third-order valence-corrected chi connectivity index (χ3v) is 5.83. The zero-order valence-electron chi connectivity index (χ0n) is 15.7. The monoisotopic (exact) mass is 424 g/mol. The molecule has 1 atom stereocenters. The Balaban J connectivity index is 1.64. The van der Waals surface area contributed by atoms with Crippen molar-refractivity contribution in [2.75, 3.05) is 0 Å². The van der Waals surface area contributed by atoms with E-state index in [4.69, 9.17) is 0 Å². The summed E-state index contributed by atoms with van der Waals surface area (Å²) in [5.41, 5.74) is -0.904. The maximum atomic E-state index is 13.3. The lowest BCUT2D eigenvalue weighted by Gasteiger charge is -2.19. The van der Waals surface area contributed by atoms with Crippen LogP contribution < -0.4 is 16.6 Å². The van der Waals surface area contributed by atoms with Crippen LogP contribution in [0.15, 0.2) is 57.6 Å². The number of aromatic nitrogens is 2. The molecule has 2 heterocycles. The SMILES string of the molecule is N#Cc1cn(C2CC2)c(=O)n(CC(=O)NC(c2ccc(F)cc2)c2cccs2)c1=O. The van der Waals surface area contributed by atoms with Crippen LogP contribution in [0.4, 0.5) is 4.39 Å². The Morgan fingerprint density at radius 2 is 2.00 bits per heavy atom. The molecule has 9 heteroatoms. The zero-order chi connectivity index (χ0) is 21.3. The van der Waals surface area contributed by atoms with Crippen molar-refractivity contribution in [3.8, 4) is 6.07 Å². The van der Waals surface area contributed by atoms with Crippen molar-refractivity contribution in [2.24, 2.45) is 0 Å². The lowest BCUT2D eigenvalue weighted by Crippen LogP contribution is -2.44. The molecule has 1 aromatic carbocycles. The molecular formula is C21H17FN4O3S. The minimum absolute atomic E-state index is 0.0439. The molecule has 0 radical (unpaired) electrons. The topological polar surface area (TPSA) is 96.9 Å². The van der Waals surface area contributed by atoms with Crippen molar-refractivity contribution in [1.82, 2.24) is 14.5 Å². The van der Waals surface area contributed by atoms with E-state index in [1.165, 1.54) is 34.2 Å². The van der Waals surface area contributed by atoms with Crippen LogP contribution in [0.25, 0.3) is 0 Å². The minimum Gasteiger partial charge on any atom is -0.343 e. The summed E-state index contributed by atoms with van der Waals surface area (Å²) in [7, 11) is 0. The van der Waals surface area contributed by atoms with Crippen molar-refractivity contribution >= 4 is 17.2 Å². The molecular weight excluding hydrogens is 407 g/mol. The fourth-order valence-corrected chi connectivity index (χ4v) is 4.03. The third kappa shape index (κ3) is 3.95. The van der Waals surface area contributed by atoms with E-state index in [1.54, 1.807) is 18.2 Å². The van der Waals surface area contributed by atoms with Crippen LogP contribution in [0, 0.1) is 17.1 Å². The Hall–Kier alpha value is -3.51. The molecule has 30 heavy (non-hydrogen) atoms. The number of carbonyl (C=O) groups excluding carboxylic acids is 1. The van der Waals surface area contributed by atoms with Crippen molar-refractivity contribution in [1.29, 1.82) is 5.26 Å². The van der Waals surface area contributed by atoms with Gasteiger partial charge in [0.1, 0.15) is 24.0 Å². The highest BCUT2D eigenvalue weighted by Crippen LogP contribution is 2.33. The molecule has 1 unspecified atom stereocenters. The predicted molar refractivity (Wildman–Crippen MR) is 109 cm³/mol. The van der Waals surface area contributed by atoms with Gasteiger partial charge in [0.2, 0.25) is 5.91 Å². The first kappa shape index (κ1) is 19.8. The maximum absolute atomic E-state index is 13.3. The van der Waals surface area contributed by atoms with Crippen molar-refractivity contribution in [3.05, 3.63) is 90.6 Å². The van der Waals surface area contributed by atoms with E-state index >= 15 is 0 Å². The Labute approximate surface area is 174 Å². The molecule has 1 fully saturated rings. The van der Waals surface area contributed by atoms with Gasteiger partial charge in [-0.15, -0.1) is 11.3 Å². The number of halogens is 1. The summed E-state index contributed by atoms with van der Waals surface area (Å²) in [5, 5.41) is 13.9. The second-order valence-electron chi connectivity index (χ2n) is 7.03. The molecule has 152 valence electrons. The Kier molecular flexibility index (Phi) is 5.33. The quantitative estimate of drug-likeness (QED) is 0.657. The number of thiophene rings is 1. The normalized spacial score (nSPS) is 14.1. The van der Waals surface area contributed by atoms with Crippen LogP contribution in [0.2, 0.25) is 0 Å². The summed E-state index contributed by atoms with van der Waals surface area (Å²) >= 11 is 1.42. The van der Waals surface area contributed by atoms with Crippen molar-refractivity contribution < 1.29 is 9.18 Å². The van der Waals surface area contributed by atoms with Crippen LogP contribution in [0.1, 0.15) is 40.9 Å². The first-order valence-corrected chi connectivity index (χ1v) is 10.2. The van der Waals surface area contributed by atoms with Crippen LogP contribution in [0.5, 0.6) is 0 Å². The third-order valence-electron chi connectivity index (χ3n) is 4.89. The lowest BCUT2D eigenvalue weighted by atomic mass is 10.1. The van der Waals surface area contributed by atoms with Crippen LogP contribution >= 0.6 is 11.3 Å². The average molecular weight is 424 g/mol. The van der Waals surface area contributed by atoms with Gasteiger partial charge < -0.3 is 5.32 Å². The van der Waals surface area contributed by atoms with E-state index in [0.29, 0.717) is 5.56 Å². The van der Waals surface area contributed by atoms with Crippen molar-refractivity contribution in [3.63, 3.8) is 0 Å². The Morgan fingerprint density at radius 3 is 2.60 bits per heavy atom. The molecule has 2 aromatic heterocycles. The Morgan fingerprint density at radius 1 is 1.27 bits per heavy atom. The van der Waals surface area contributed by atoms with E-state index in [9.17, 15) is 24.0 Å². The van der Waals surface area contributed by atoms with Gasteiger partial charge in [0, 0.05) is 17.1 Å². The molecule has 0 aliphatic heterocycles. The molecule has 0 saturated heterocycles. The molecule has 1 amide bonds. The van der Waals surface area contributed by atoms with Gasteiger partial charge in [-0.05, 0) is 42.0 Å². The number of hydrogen-bond acceptors (Lipinski definition) is 5. The molecule has 4 rings (SSSR count). The first-order valence-electron chi connectivity index (χ1n) is 9.32. The van der Waals surface area contributed by atoms with Gasteiger partial charge in [-0.2, -0.15) is 5.26 Å². The van der Waals surface area contributed by atoms with Crippen LogP contribution in [-0.2, 0) is 11.3 Å². The molecule has 1 saturated carbocycles. The summed E-state index contributed by atoms with van der Waals surface area (Å²) < 4.78 is 15.5. The highest BCUT2D eigenvalue weighted by Gasteiger charge is 2.27. The van der Waals surface area contributed by atoms with Gasteiger partial charge >= 0.3 is 5.69 Å². The molecule has 3 aromatic rings. The maximum Gasteiger partial charge on any atom is 0.331 e. The number of hydrogen-bond donors (Lipinski definition) is 1. The second kappa shape index (κ2) is 8.08.